The van der Waals surface area contributed by atoms with E-state index in [2.05, 4.69) is 10.6 Å². The summed E-state index contributed by atoms with van der Waals surface area (Å²) in [6.45, 7) is 3.18. The molecule has 2 rings (SSSR count). The van der Waals surface area contributed by atoms with Crippen molar-refractivity contribution in [3.63, 3.8) is 0 Å². The van der Waals surface area contributed by atoms with Crippen molar-refractivity contribution < 1.29 is 13.9 Å². The van der Waals surface area contributed by atoms with E-state index in [1.165, 1.54) is 12.1 Å². The molecule has 2 aromatic rings. The van der Waals surface area contributed by atoms with Crippen LogP contribution in [0.15, 0.2) is 48.5 Å². The molecule has 0 aliphatic rings. The maximum atomic E-state index is 12.7. The van der Waals surface area contributed by atoms with Gasteiger partial charge in [-0.25, -0.2) is 9.18 Å². The Morgan fingerprint density at radius 1 is 1.14 bits per heavy atom. The molecule has 0 fully saturated rings. The first-order valence-electron chi connectivity index (χ1n) is 7.09. The largest absolute Gasteiger partial charge is 0.492 e. The molecule has 4 nitrogen and oxygen atoms in total. The lowest BCUT2D eigenvalue weighted by atomic mass is 10.1. The summed E-state index contributed by atoms with van der Waals surface area (Å²) in [6, 6.07) is 13.5. The van der Waals surface area contributed by atoms with Gasteiger partial charge in [-0.15, -0.1) is 0 Å². The fourth-order valence-corrected chi connectivity index (χ4v) is 1.93. The topological polar surface area (TPSA) is 50.4 Å². The Morgan fingerprint density at radius 2 is 1.91 bits per heavy atom. The molecule has 0 saturated carbocycles. The van der Waals surface area contributed by atoms with Crippen molar-refractivity contribution in [2.75, 3.05) is 13.2 Å². The lowest BCUT2D eigenvalue weighted by Gasteiger charge is -2.09. The number of rotatable bonds is 6. The van der Waals surface area contributed by atoms with Gasteiger partial charge >= 0.3 is 6.03 Å². The van der Waals surface area contributed by atoms with Crippen LogP contribution in [0.2, 0.25) is 0 Å². The number of benzene rings is 2. The van der Waals surface area contributed by atoms with Crippen molar-refractivity contribution in [2.24, 2.45) is 0 Å². The second kappa shape index (κ2) is 8.02. The number of carbonyl (C=O) groups is 1. The summed E-state index contributed by atoms with van der Waals surface area (Å²) < 4.78 is 18.1. The number of hydrogen-bond acceptors (Lipinski definition) is 2. The Kier molecular flexibility index (Phi) is 5.77. The van der Waals surface area contributed by atoms with Gasteiger partial charge in [0.2, 0.25) is 0 Å². The third kappa shape index (κ3) is 5.44. The van der Waals surface area contributed by atoms with E-state index in [1.807, 2.05) is 31.2 Å². The van der Waals surface area contributed by atoms with Crippen LogP contribution >= 0.6 is 0 Å². The predicted molar refractivity (Wildman–Crippen MR) is 83.3 cm³/mol. The summed E-state index contributed by atoms with van der Waals surface area (Å²) in [7, 11) is 0. The highest BCUT2D eigenvalue weighted by Crippen LogP contribution is 2.10. The number of nitrogens with one attached hydrogen (secondary N) is 2. The Morgan fingerprint density at radius 3 is 2.64 bits per heavy atom. The van der Waals surface area contributed by atoms with Crippen molar-refractivity contribution >= 4 is 6.03 Å². The lowest BCUT2D eigenvalue weighted by Crippen LogP contribution is -2.37. The predicted octanol–water partition coefficient (Wildman–Crippen LogP) is 3.01. The van der Waals surface area contributed by atoms with Crippen molar-refractivity contribution in [2.45, 2.75) is 13.5 Å². The van der Waals surface area contributed by atoms with Crippen LogP contribution in [0.3, 0.4) is 0 Å². The van der Waals surface area contributed by atoms with Crippen molar-refractivity contribution in [1.29, 1.82) is 0 Å². The smallest absolute Gasteiger partial charge is 0.315 e. The number of aryl methyl sites for hydroxylation is 1. The Labute approximate surface area is 129 Å². The number of ether oxygens (including phenoxy) is 1. The molecule has 2 amide bonds. The molecular formula is C17H19FN2O2. The van der Waals surface area contributed by atoms with E-state index in [0.717, 1.165) is 11.1 Å². The SMILES string of the molecule is Cc1cccc(CNC(=O)NCCOc2ccc(F)cc2)c1. The van der Waals surface area contributed by atoms with E-state index in [1.54, 1.807) is 12.1 Å². The number of carbonyl (C=O) groups excluding carboxylic acids is 1. The molecule has 116 valence electrons. The summed E-state index contributed by atoms with van der Waals surface area (Å²) in [4.78, 5) is 11.6. The average Bonchev–Trinajstić information content (AvgIpc) is 2.51. The van der Waals surface area contributed by atoms with Crippen LogP contribution in [0, 0.1) is 12.7 Å². The summed E-state index contributed by atoms with van der Waals surface area (Å²) in [6.07, 6.45) is 0. The average molecular weight is 302 g/mol. The normalized spacial score (nSPS) is 10.1. The molecule has 0 aliphatic heterocycles. The molecule has 0 aromatic heterocycles. The van der Waals surface area contributed by atoms with Crippen LogP contribution in [0.25, 0.3) is 0 Å². The number of amides is 2. The number of urea groups is 1. The van der Waals surface area contributed by atoms with E-state index in [-0.39, 0.29) is 11.8 Å². The third-order valence-electron chi connectivity index (χ3n) is 3.01. The molecule has 0 bridgehead atoms. The maximum absolute atomic E-state index is 12.7. The Bertz CT molecular complexity index is 614. The first-order chi connectivity index (χ1) is 10.6. The van der Waals surface area contributed by atoms with Crippen molar-refractivity contribution in [1.82, 2.24) is 10.6 Å². The minimum atomic E-state index is -0.305. The van der Waals surface area contributed by atoms with E-state index in [9.17, 15) is 9.18 Å². The zero-order valence-corrected chi connectivity index (χ0v) is 12.4. The number of hydrogen-bond donors (Lipinski definition) is 2. The van der Waals surface area contributed by atoms with Gasteiger partial charge in [-0.3, -0.25) is 0 Å². The van der Waals surface area contributed by atoms with Gasteiger partial charge in [-0.2, -0.15) is 0 Å². The van der Waals surface area contributed by atoms with Crippen LogP contribution in [0.5, 0.6) is 5.75 Å². The van der Waals surface area contributed by atoms with Crippen LogP contribution in [-0.4, -0.2) is 19.2 Å². The molecule has 2 aromatic carbocycles. The van der Waals surface area contributed by atoms with Gasteiger partial charge in [-0.05, 0) is 36.8 Å². The Hall–Kier alpha value is -2.56. The van der Waals surface area contributed by atoms with Gasteiger partial charge in [0.1, 0.15) is 18.2 Å². The van der Waals surface area contributed by atoms with Gasteiger partial charge in [0.15, 0.2) is 0 Å². The third-order valence-corrected chi connectivity index (χ3v) is 3.01. The highest BCUT2D eigenvalue weighted by atomic mass is 19.1. The Balaban J connectivity index is 1.62. The summed E-state index contributed by atoms with van der Waals surface area (Å²) in [5, 5.41) is 5.48. The molecule has 0 radical (unpaired) electrons. The molecule has 0 aliphatic carbocycles. The fraction of sp³-hybridized carbons (Fsp3) is 0.235. The van der Waals surface area contributed by atoms with Crippen molar-refractivity contribution in [3.05, 3.63) is 65.5 Å². The minimum Gasteiger partial charge on any atom is -0.492 e. The summed E-state index contributed by atoms with van der Waals surface area (Å²) >= 11 is 0. The maximum Gasteiger partial charge on any atom is 0.315 e. The molecule has 0 spiro atoms. The second-order valence-electron chi connectivity index (χ2n) is 4.90. The molecule has 0 atom stereocenters. The molecule has 5 heteroatoms. The number of halogens is 1. The standard InChI is InChI=1S/C17H19FN2O2/c1-13-3-2-4-14(11-13)12-20-17(21)19-9-10-22-16-7-5-15(18)6-8-16/h2-8,11H,9-10,12H2,1H3,(H2,19,20,21). The molecule has 22 heavy (non-hydrogen) atoms. The summed E-state index contributed by atoms with van der Waals surface area (Å²) in [5.41, 5.74) is 2.21. The summed E-state index contributed by atoms with van der Waals surface area (Å²) in [5.74, 6) is 0.268. The van der Waals surface area contributed by atoms with Gasteiger partial charge in [0.25, 0.3) is 0 Å². The first-order valence-corrected chi connectivity index (χ1v) is 7.09. The highest BCUT2D eigenvalue weighted by Gasteiger charge is 2.00. The highest BCUT2D eigenvalue weighted by molar-refractivity contribution is 5.73. The molecule has 0 heterocycles. The van der Waals surface area contributed by atoms with Crippen LogP contribution in [0.4, 0.5) is 9.18 Å². The van der Waals surface area contributed by atoms with Crippen molar-refractivity contribution in [3.8, 4) is 5.75 Å². The van der Waals surface area contributed by atoms with Gasteiger partial charge in [-0.1, -0.05) is 29.8 Å². The zero-order valence-electron chi connectivity index (χ0n) is 12.4. The first kappa shape index (κ1) is 15.8. The van der Waals surface area contributed by atoms with Crippen LogP contribution in [0.1, 0.15) is 11.1 Å². The van der Waals surface area contributed by atoms with E-state index in [0.29, 0.717) is 25.4 Å². The van der Waals surface area contributed by atoms with Gasteiger partial charge in [0.05, 0.1) is 6.54 Å². The van der Waals surface area contributed by atoms with Crippen LogP contribution in [-0.2, 0) is 6.54 Å². The molecule has 0 saturated heterocycles. The van der Waals surface area contributed by atoms with E-state index < -0.39 is 0 Å². The van der Waals surface area contributed by atoms with E-state index in [4.69, 9.17) is 4.74 Å². The lowest BCUT2D eigenvalue weighted by molar-refractivity contribution is 0.236. The monoisotopic (exact) mass is 302 g/mol. The quantitative estimate of drug-likeness (QED) is 0.806. The zero-order chi connectivity index (χ0) is 15.8. The second-order valence-corrected chi connectivity index (χ2v) is 4.90. The van der Waals surface area contributed by atoms with Gasteiger partial charge < -0.3 is 15.4 Å². The fourth-order valence-electron chi connectivity index (χ4n) is 1.93. The molecule has 2 N–H and O–H groups in total. The van der Waals surface area contributed by atoms with Gasteiger partial charge in [0, 0.05) is 6.54 Å². The van der Waals surface area contributed by atoms with E-state index >= 15 is 0 Å². The van der Waals surface area contributed by atoms with Crippen LogP contribution < -0.4 is 15.4 Å². The minimum absolute atomic E-state index is 0.246. The molecule has 0 unspecified atom stereocenters. The molecular weight excluding hydrogens is 283 g/mol.